The Balaban J connectivity index is 0.704. The average Bonchev–Trinajstić information content (AvgIpc) is 1.54. The minimum Gasteiger partial charge on any atom is -0.308 e. The molecule has 0 fully saturated rings. The van der Waals surface area contributed by atoms with Crippen molar-refractivity contribution in [3.8, 4) is 44.5 Å². The Morgan fingerprint density at radius 1 is 0.255 bits per heavy atom. The lowest BCUT2D eigenvalue weighted by Crippen LogP contribution is -1.99. The number of aryl methyl sites for hydroxylation is 1. The van der Waals surface area contributed by atoms with Gasteiger partial charge in [0.15, 0.2) is 0 Å². The SMILES string of the molecule is Cc1cc(-c2ccccc2)ccc1-c1cc2c3cc4cc(C(C)C)ccc4cc3n3c4cc5ccc(C(C)CCC(C)c6ccc7cc8c(cc7c6)c6cc(-c7cc(-c9ccccc9)ccc7C(C)C)cc7c9cc%10cc(C(C)C)ccc%10cc9n8c76)cc5cc4c(c1)c23. The number of hydrogen-bond acceptors (Lipinski definition) is 0. The summed E-state index contributed by atoms with van der Waals surface area (Å²) < 4.78 is 5.16. The molecule has 0 amide bonds. The second kappa shape index (κ2) is 21.4. The lowest BCUT2D eigenvalue weighted by atomic mass is 9.87. The highest BCUT2D eigenvalue weighted by Gasteiger charge is 2.25. The second-order valence-corrected chi connectivity index (χ2v) is 28.8. The van der Waals surface area contributed by atoms with Gasteiger partial charge in [0.1, 0.15) is 0 Å². The van der Waals surface area contributed by atoms with Crippen LogP contribution in [0.4, 0.5) is 0 Å². The van der Waals surface area contributed by atoms with Gasteiger partial charge in [-0.2, -0.15) is 0 Å². The van der Waals surface area contributed by atoms with E-state index < -0.39 is 0 Å². The molecule has 2 heteroatoms. The minimum atomic E-state index is 0.361. The summed E-state index contributed by atoms with van der Waals surface area (Å²) in [5.74, 6) is 2.06. The first-order valence-corrected chi connectivity index (χ1v) is 34.4. The van der Waals surface area contributed by atoms with Crippen LogP contribution in [0, 0.1) is 6.92 Å². The van der Waals surface area contributed by atoms with Crippen molar-refractivity contribution in [2.75, 3.05) is 0 Å². The molecule has 0 bridgehead atoms. The summed E-state index contributed by atoms with van der Waals surface area (Å²) in [6, 6.07) is 94.3. The third-order valence-electron chi connectivity index (χ3n) is 21.9. The fourth-order valence-electron chi connectivity index (χ4n) is 16.5. The lowest BCUT2D eigenvalue weighted by molar-refractivity contribution is 0.574. The third-order valence-corrected chi connectivity index (χ3v) is 21.9. The van der Waals surface area contributed by atoms with Crippen molar-refractivity contribution in [1.29, 1.82) is 0 Å². The summed E-state index contributed by atoms with van der Waals surface area (Å²) in [7, 11) is 0. The summed E-state index contributed by atoms with van der Waals surface area (Å²) in [6.07, 6.45) is 2.19. The van der Waals surface area contributed by atoms with Gasteiger partial charge in [0.2, 0.25) is 0 Å². The Bertz CT molecular complexity index is 6110. The number of fused-ring (bicyclic) bond motifs is 16. The fourth-order valence-corrected chi connectivity index (χ4v) is 16.5. The molecular weight excluding hydrogens is 1130 g/mol. The minimum absolute atomic E-state index is 0.361. The third kappa shape index (κ3) is 8.89. The molecule has 4 aromatic heterocycles. The largest absolute Gasteiger partial charge is 0.308 e. The molecule has 2 nitrogen and oxygen atoms in total. The maximum atomic E-state index is 2.59. The molecule has 94 heavy (non-hydrogen) atoms. The summed E-state index contributed by atoms with van der Waals surface area (Å²) >= 11 is 0. The zero-order valence-electron chi connectivity index (χ0n) is 55.3. The van der Waals surface area contributed by atoms with Crippen molar-refractivity contribution >= 4 is 119 Å². The molecule has 2 unspecified atom stereocenters. The summed E-state index contributed by atoms with van der Waals surface area (Å²) in [5.41, 5.74) is 26.1. The Morgan fingerprint density at radius 2 is 0.617 bits per heavy atom. The van der Waals surface area contributed by atoms with E-state index in [1.54, 1.807) is 0 Å². The van der Waals surface area contributed by atoms with Gasteiger partial charge in [-0.15, -0.1) is 0 Å². The molecule has 18 aromatic rings. The zero-order chi connectivity index (χ0) is 63.5. The number of rotatable bonds is 12. The van der Waals surface area contributed by atoms with Gasteiger partial charge in [0.25, 0.3) is 0 Å². The van der Waals surface area contributed by atoms with Crippen LogP contribution in [0.5, 0.6) is 0 Å². The predicted octanol–water partition coefficient (Wildman–Crippen LogP) is 26.6. The van der Waals surface area contributed by atoms with Crippen LogP contribution in [-0.4, -0.2) is 8.80 Å². The van der Waals surface area contributed by atoms with E-state index in [9.17, 15) is 0 Å². The van der Waals surface area contributed by atoms with E-state index in [1.165, 1.54) is 197 Å². The van der Waals surface area contributed by atoms with Crippen LogP contribution in [0.15, 0.2) is 243 Å². The maximum absolute atomic E-state index is 2.59. The van der Waals surface area contributed by atoms with Gasteiger partial charge in [-0.1, -0.05) is 219 Å². The quantitative estimate of drug-likeness (QED) is 0.115. The van der Waals surface area contributed by atoms with Crippen LogP contribution in [0.25, 0.3) is 164 Å². The van der Waals surface area contributed by atoms with E-state index in [2.05, 4.69) is 314 Å². The molecule has 0 spiro atoms. The average molecular weight is 1210 g/mol. The van der Waals surface area contributed by atoms with E-state index in [1.807, 2.05) is 0 Å². The molecule has 4 heterocycles. The molecule has 0 N–H and O–H groups in total. The van der Waals surface area contributed by atoms with Crippen molar-refractivity contribution in [2.45, 2.75) is 105 Å². The monoisotopic (exact) mass is 1210 g/mol. The number of benzene rings is 14. The summed E-state index contributed by atoms with van der Waals surface area (Å²) in [5, 5.41) is 20.9. The maximum Gasteiger partial charge on any atom is 0.0620 e. The normalized spacial score (nSPS) is 13.2. The van der Waals surface area contributed by atoms with Crippen molar-refractivity contribution in [2.24, 2.45) is 0 Å². The second-order valence-electron chi connectivity index (χ2n) is 28.8. The topological polar surface area (TPSA) is 8.82 Å². The summed E-state index contributed by atoms with van der Waals surface area (Å²) in [6.45, 7) is 21.0. The molecule has 14 aromatic carbocycles. The molecule has 0 aliphatic carbocycles. The zero-order valence-corrected chi connectivity index (χ0v) is 55.3. The lowest BCUT2D eigenvalue weighted by Gasteiger charge is -2.18. The molecule has 0 saturated heterocycles. The molecule has 0 aliphatic rings. The highest BCUT2D eigenvalue weighted by molar-refractivity contribution is 6.29. The standard InChI is InChI=1S/C92H76N2/c1-52(2)60-22-26-66-48-87-79(40-70(66)35-60)83-44-74(77-33-31-64(34-57(77)9)58-16-12-10-13-17-58)45-84-81-42-72-37-62(24-28-68(72)50-89(81)93(87)91(83)84)55(7)20-21-56(8)63-25-29-69-51-90-82(43-73(69)38-63)86-47-75(78-39-65(30-32-76(78)54(5)6)59-18-14-11-15-19-59)46-85-80-41-71-36-61(53(3)4)23-27-67(71)49-88(80)94(90)92(85)86/h10-19,22-56H,20-21H2,1-9H3. The van der Waals surface area contributed by atoms with Gasteiger partial charge in [0, 0.05) is 43.1 Å². The molecule has 2 atom stereocenters. The molecule has 18 rings (SSSR count). The molecule has 0 radical (unpaired) electrons. The van der Waals surface area contributed by atoms with Crippen molar-refractivity contribution < 1.29 is 0 Å². The van der Waals surface area contributed by atoms with Gasteiger partial charge in [-0.05, 0) is 249 Å². The Kier molecular flexibility index (Phi) is 12.8. The molecule has 454 valence electrons. The van der Waals surface area contributed by atoms with Crippen LogP contribution in [-0.2, 0) is 0 Å². The van der Waals surface area contributed by atoms with Gasteiger partial charge < -0.3 is 8.80 Å². The first-order chi connectivity index (χ1) is 45.7. The van der Waals surface area contributed by atoms with Crippen LogP contribution in [0.3, 0.4) is 0 Å². The van der Waals surface area contributed by atoms with E-state index in [4.69, 9.17) is 0 Å². The van der Waals surface area contributed by atoms with Gasteiger partial charge in [0.05, 0.1) is 33.1 Å². The van der Waals surface area contributed by atoms with Crippen molar-refractivity contribution in [1.82, 2.24) is 8.80 Å². The van der Waals surface area contributed by atoms with Gasteiger partial charge in [-0.25, -0.2) is 0 Å². The smallest absolute Gasteiger partial charge is 0.0620 e. The highest BCUT2D eigenvalue weighted by atomic mass is 14.9. The first kappa shape index (κ1) is 56.5. The van der Waals surface area contributed by atoms with Gasteiger partial charge in [-0.3, -0.25) is 0 Å². The van der Waals surface area contributed by atoms with E-state index in [0.717, 1.165) is 12.8 Å². The number of nitrogens with zero attached hydrogens (tertiary/aromatic N) is 2. The Morgan fingerprint density at radius 3 is 1.00 bits per heavy atom. The molecule has 0 saturated carbocycles. The summed E-state index contributed by atoms with van der Waals surface area (Å²) in [4.78, 5) is 0. The highest BCUT2D eigenvalue weighted by Crippen LogP contribution is 2.48. The number of hydrogen-bond donors (Lipinski definition) is 0. The van der Waals surface area contributed by atoms with Crippen molar-refractivity contribution in [3.05, 3.63) is 276 Å². The predicted molar refractivity (Wildman–Crippen MR) is 407 cm³/mol. The Hall–Kier alpha value is -10.3. The first-order valence-electron chi connectivity index (χ1n) is 34.4. The van der Waals surface area contributed by atoms with Crippen LogP contribution in [0.2, 0.25) is 0 Å². The molecular formula is C92H76N2. The Labute approximate surface area is 550 Å². The number of aromatic nitrogens is 2. The molecule has 0 aliphatic heterocycles. The van der Waals surface area contributed by atoms with E-state index in [0.29, 0.717) is 29.6 Å². The van der Waals surface area contributed by atoms with E-state index >= 15 is 0 Å². The van der Waals surface area contributed by atoms with E-state index in [-0.39, 0.29) is 0 Å². The fraction of sp³-hybridized carbons (Fsp3) is 0.174. The van der Waals surface area contributed by atoms with Crippen LogP contribution < -0.4 is 0 Å². The van der Waals surface area contributed by atoms with Crippen molar-refractivity contribution in [3.63, 3.8) is 0 Å². The van der Waals surface area contributed by atoms with Crippen LogP contribution >= 0.6 is 0 Å². The van der Waals surface area contributed by atoms with Gasteiger partial charge >= 0.3 is 0 Å². The van der Waals surface area contributed by atoms with Crippen LogP contribution in [0.1, 0.15) is 131 Å².